The fraction of sp³-hybridized carbons (Fsp3) is 0.429. The van der Waals surface area contributed by atoms with Crippen LogP contribution in [0.3, 0.4) is 0 Å². The summed E-state index contributed by atoms with van der Waals surface area (Å²) in [4.78, 5) is 39.8. The van der Waals surface area contributed by atoms with Crippen molar-refractivity contribution in [3.63, 3.8) is 0 Å². The zero-order valence-electron chi connectivity index (χ0n) is 13.5. The van der Waals surface area contributed by atoms with Crippen LogP contribution in [0, 0.1) is 8.99 Å². The number of halogens is 1. The molecular formula is C14H19IN4O4. The number of carbonyl (C=O) groups excluding carboxylic acids is 1. The number of carbonyl (C=O) groups is 2. The van der Waals surface area contributed by atoms with Gasteiger partial charge in [0.2, 0.25) is 11.9 Å². The first kappa shape index (κ1) is 19.1. The Labute approximate surface area is 146 Å². The van der Waals surface area contributed by atoms with Gasteiger partial charge in [0.25, 0.3) is 11.5 Å². The molecule has 2 heterocycles. The lowest BCUT2D eigenvalue weighted by atomic mass is 9.96. The molecule has 0 unspecified atom stereocenters. The minimum Gasteiger partial charge on any atom is -0.481 e. The van der Waals surface area contributed by atoms with Gasteiger partial charge < -0.3 is 9.67 Å². The molecule has 1 amide bonds. The van der Waals surface area contributed by atoms with Gasteiger partial charge in [-0.15, -0.1) is 0 Å². The van der Waals surface area contributed by atoms with E-state index < -0.39 is 11.4 Å². The SMILES string of the molecule is CC(=O)O.Cn1cc(I)c2c(=O)[nH]c(NC(=O)C(C)(C)C)nc21. The van der Waals surface area contributed by atoms with Gasteiger partial charge in [0.15, 0.2) is 0 Å². The van der Waals surface area contributed by atoms with Crippen molar-refractivity contribution in [2.24, 2.45) is 12.5 Å². The van der Waals surface area contributed by atoms with Gasteiger partial charge in [0.05, 0.1) is 5.39 Å². The number of fused-ring (bicyclic) bond motifs is 1. The van der Waals surface area contributed by atoms with Crippen LogP contribution in [0.25, 0.3) is 11.0 Å². The molecule has 0 aliphatic carbocycles. The van der Waals surface area contributed by atoms with Crippen LogP contribution in [-0.2, 0) is 16.6 Å². The van der Waals surface area contributed by atoms with Gasteiger partial charge in [-0.25, -0.2) is 0 Å². The molecule has 2 aromatic rings. The van der Waals surface area contributed by atoms with E-state index >= 15 is 0 Å². The maximum Gasteiger partial charge on any atom is 0.300 e. The highest BCUT2D eigenvalue weighted by Crippen LogP contribution is 2.19. The first-order valence-corrected chi connectivity index (χ1v) is 7.77. The minimum atomic E-state index is -0.833. The summed E-state index contributed by atoms with van der Waals surface area (Å²) in [7, 11) is 1.81. The number of H-pyrrole nitrogens is 1. The zero-order chi connectivity index (χ0) is 17.9. The number of aliphatic carboxylic acids is 1. The number of rotatable bonds is 1. The first-order valence-electron chi connectivity index (χ1n) is 6.69. The van der Waals surface area contributed by atoms with Crippen molar-refractivity contribution in [1.29, 1.82) is 0 Å². The van der Waals surface area contributed by atoms with Gasteiger partial charge in [-0.2, -0.15) is 4.98 Å². The van der Waals surface area contributed by atoms with Crippen LogP contribution in [0.15, 0.2) is 11.0 Å². The fourth-order valence-corrected chi connectivity index (χ4v) is 2.49. The lowest BCUT2D eigenvalue weighted by Gasteiger charge is -2.16. The van der Waals surface area contributed by atoms with Crippen molar-refractivity contribution in [3.8, 4) is 0 Å². The lowest BCUT2D eigenvalue weighted by molar-refractivity contribution is -0.134. The summed E-state index contributed by atoms with van der Waals surface area (Å²) in [5.41, 5.74) is -0.243. The number of amides is 1. The molecule has 0 spiro atoms. The van der Waals surface area contributed by atoms with Crippen LogP contribution in [0.5, 0.6) is 0 Å². The molecule has 8 nitrogen and oxygen atoms in total. The molecule has 0 atom stereocenters. The number of hydrogen-bond acceptors (Lipinski definition) is 4. The molecule has 9 heteroatoms. The molecule has 3 N–H and O–H groups in total. The molecule has 0 radical (unpaired) electrons. The Morgan fingerprint density at radius 3 is 2.39 bits per heavy atom. The third-order valence-electron chi connectivity index (χ3n) is 2.69. The second kappa shape index (κ2) is 7.11. The first-order chi connectivity index (χ1) is 10.4. The van der Waals surface area contributed by atoms with Gasteiger partial charge in [-0.05, 0) is 22.6 Å². The number of nitrogens with one attached hydrogen (secondary N) is 2. The van der Waals surface area contributed by atoms with Gasteiger partial charge in [-0.3, -0.25) is 24.7 Å². The second-order valence-corrected chi connectivity index (χ2v) is 7.09. The van der Waals surface area contributed by atoms with Crippen LogP contribution in [0.4, 0.5) is 5.95 Å². The summed E-state index contributed by atoms with van der Waals surface area (Å²) < 4.78 is 2.59. The molecule has 23 heavy (non-hydrogen) atoms. The van der Waals surface area contributed by atoms with E-state index in [9.17, 15) is 9.59 Å². The van der Waals surface area contributed by atoms with E-state index in [0.717, 1.165) is 10.5 Å². The van der Waals surface area contributed by atoms with Crippen LogP contribution < -0.4 is 10.9 Å². The third-order valence-corrected chi connectivity index (χ3v) is 3.51. The molecule has 0 bridgehead atoms. The number of aromatic amines is 1. The summed E-state index contributed by atoms with van der Waals surface area (Å²) in [6.45, 7) is 6.47. The molecule has 0 fully saturated rings. The summed E-state index contributed by atoms with van der Waals surface area (Å²) in [6.07, 6.45) is 1.82. The number of aryl methyl sites for hydroxylation is 1. The molecule has 2 rings (SSSR count). The molecule has 0 saturated heterocycles. The predicted molar refractivity (Wildman–Crippen MR) is 95.4 cm³/mol. The number of anilines is 1. The van der Waals surface area contributed by atoms with E-state index in [0.29, 0.717) is 11.0 Å². The van der Waals surface area contributed by atoms with E-state index in [1.54, 1.807) is 25.3 Å². The normalized spacial score (nSPS) is 10.9. The quantitative estimate of drug-likeness (QED) is 0.594. The van der Waals surface area contributed by atoms with Crippen molar-refractivity contribution in [3.05, 3.63) is 20.1 Å². The van der Waals surface area contributed by atoms with E-state index in [1.165, 1.54) is 0 Å². The lowest BCUT2D eigenvalue weighted by Crippen LogP contribution is -2.29. The molecule has 2 aromatic heterocycles. The summed E-state index contributed by atoms with van der Waals surface area (Å²) in [5.74, 6) is -0.853. The van der Waals surface area contributed by atoms with Crippen molar-refractivity contribution in [1.82, 2.24) is 14.5 Å². The third kappa shape index (κ3) is 5.05. The van der Waals surface area contributed by atoms with Crippen molar-refractivity contribution < 1.29 is 14.7 Å². The van der Waals surface area contributed by atoms with E-state index in [2.05, 4.69) is 37.9 Å². The maximum atomic E-state index is 12.0. The van der Waals surface area contributed by atoms with Gasteiger partial charge in [0.1, 0.15) is 5.65 Å². The van der Waals surface area contributed by atoms with Gasteiger partial charge >= 0.3 is 0 Å². The van der Waals surface area contributed by atoms with Crippen molar-refractivity contribution in [2.75, 3.05) is 5.32 Å². The highest BCUT2D eigenvalue weighted by Gasteiger charge is 2.22. The van der Waals surface area contributed by atoms with Crippen LogP contribution in [-0.4, -0.2) is 31.5 Å². The Morgan fingerprint density at radius 1 is 1.39 bits per heavy atom. The average Bonchev–Trinajstić information content (AvgIpc) is 2.63. The number of nitrogens with zero attached hydrogens (tertiary/aromatic N) is 2. The standard InChI is InChI=1S/C12H15IN4O2.C2H4O2/c1-12(2,3)10(19)16-11-14-8-7(9(18)15-11)6(13)5-17(8)4;1-2(3)4/h5H,1-4H3,(H2,14,15,16,18,19);1H3,(H,3,4). The molecule has 0 aliphatic heterocycles. The Morgan fingerprint density at radius 2 is 1.91 bits per heavy atom. The maximum absolute atomic E-state index is 12.0. The topological polar surface area (TPSA) is 117 Å². The van der Waals surface area contributed by atoms with Gasteiger partial charge in [0, 0.05) is 29.2 Å². The number of aromatic nitrogens is 3. The predicted octanol–water partition coefficient (Wildman–Crippen LogP) is 1.94. The van der Waals surface area contributed by atoms with Gasteiger partial charge in [-0.1, -0.05) is 20.8 Å². The Balaban J connectivity index is 0.000000593. The summed E-state index contributed by atoms with van der Waals surface area (Å²) in [5, 5.41) is 10.6. The Bertz CT molecular complexity index is 797. The molecule has 0 aliphatic rings. The van der Waals surface area contributed by atoms with E-state index in [4.69, 9.17) is 9.90 Å². The molecule has 0 saturated carbocycles. The largest absolute Gasteiger partial charge is 0.481 e. The summed E-state index contributed by atoms with van der Waals surface area (Å²) in [6, 6.07) is 0. The zero-order valence-corrected chi connectivity index (χ0v) is 15.7. The number of hydrogen-bond donors (Lipinski definition) is 3. The van der Waals surface area contributed by atoms with Crippen molar-refractivity contribution in [2.45, 2.75) is 27.7 Å². The second-order valence-electron chi connectivity index (χ2n) is 5.92. The summed E-state index contributed by atoms with van der Waals surface area (Å²) >= 11 is 2.09. The van der Waals surface area contributed by atoms with E-state index in [-0.39, 0.29) is 17.4 Å². The smallest absolute Gasteiger partial charge is 0.300 e. The monoisotopic (exact) mass is 434 g/mol. The molecule has 0 aromatic carbocycles. The number of carboxylic acid groups (broad SMARTS) is 1. The number of carboxylic acids is 1. The molecular weight excluding hydrogens is 415 g/mol. The average molecular weight is 434 g/mol. The highest BCUT2D eigenvalue weighted by atomic mass is 127. The Hall–Kier alpha value is -1.91. The molecule has 126 valence electrons. The minimum absolute atomic E-state index is 0.176. The van der Waals surface area contributed by atoms with Crippen molar-refractivity contribution >= 4 is 51.4 Å². The fourth-order valence-electron chi connectivity index (χ4n) is 1.58. The Kier molecular flexibility index (Phi) is 5.92. The van der Waals surface area contributed by atoms with E-state index in [1.807, 2.05) is 13.2 Å². The highest BCUT2D eigenvalue weighted by molar-refractivity contribution is 14.1. The van der Waals surface area contributed by atoms with Crippen LogP contribution >= 0.6 is 22.6 Å². The van der Waals surface area contributed by atoms with Crippen LogP contribution in [0.1, 0.15) is 27.7 Å². The van der Waals surface area contributed by atoms with Crippen LogP contribution in [0.2, 0.25) is 0 Å².